The summed E-state index contributed by atoms with van der Waals surface area (Å²) < 4.78 is 11.7. The number of rotatable bonds is 8. The number of β-amino-alcohol motifs (C(OH)–C–C–N with tert-alkyl or cyclic N) is 2. The van der Waals surface area contributed by atoms with Crippen molar-refractivity contribution in [3.63, 3.8) is 0 Å². The van der Waals surface area contributed by atoms with E-state index in [1.54, 1.807) is 36.4 Å². The molecule has 0 unspecified atom stereocenters. The fraction of sp³-hybridized carbons (Fsp3) is 0.154. The lowest BCUT2D eigenvalue weighted by Gasteiger charge is -2.11. The molecule has 2 heterocycles. The Morgan fingerprint density at radius 2 is 0.917 bits per heavy atom. The van der Waals surface area contributed by atoms with Gasteiger partial charge in [0.1, 0.15) is 23.0 Å². The van der Waals surface area contributed by atoms with Crippen LogP contribution >= 0.6 is 0 Å². The van der Waals surface area contributed by atoms with Gasteiger partial charge in [-0.2, -0.15) is 0 Å². The van der Waals surface area contributed by atoms with Gasteiger partial charge in [-0.3, -0.25) is 29.0 Å². The molecule has 0 spiro atoms. The van der Waals surface area contributed by atoms with E-state index in [4.69, 9.17) is 19.7 Å². The maximum atomic E-state index is 12.5. The standard InChI is InChI=1S/C26H20N2O8/c29-10-8-27-23(31)19-6-4-17(13-21(19)25(27)33)35-15-2-1-3-16(12-15)36-18-5-7-20-22(14-18)26(34)28(9-11-30)24(20)32/h1-7,12-14,29-30H,8-11H2. The predicted octanol–water partition coefficient (Wildman–Crippen LogP) is 2.45. The van der Waals surface area contributed by atoms with E-state index in [0.717, 1.165) is 9.80 Å². The van der Waals surface area contributed by atoms with Crippen LogP contribution < -0.4 is 9.47 Å². The van der Waals surface area contributed by atoms with Crippen LogP contribution in [0.1, 0.15) is 41.4 Å². The molecule has 182 valence electrons. The van der Waals surface area contributed by atoms with Gasteiger partial charge in [0.25, 0.3) is 23.6 Å². The lowest BCUT2D eigenvalue weighted by molar-refractivity contribution is 0.0610. The van der Waals surface area contributed by atoms with E-state index in [-0.39, 0.29) is 48.6 Å². The first-order valence-corrected chi connectivity index (χ1v) is 11.1. The minimum atomic E-state index is -0.492. The summed E-state index contributed by atoms with van der Waals surface area (Å²) in [6, 6.07) is 15.8. The Kier molecular flexibility index (Phi) is 5.96. The fourth-order valence-electron chi connectivity index (χ4n) is 4.15. The molecule has 10 nitrogen and oxygen atoms in total. The zero-order chi connectivity index (χ0) is 25.4. The van der Waals surface area contributed by atoms with Crippen LogP contribution in [-0.2, 0) is 0 Å². The third-order valence-corrected chi connectivity index (χ3v) is 5.81. The van der Waals surface area contributed by atoms with Crippen LogP contribution in [0.25, 0.3) is 0 Å². The summed E-state index contributed by atoms with van der Waals surface area (Å²) >= 11 is 0. The molecule has 2 aliphatic heterocycles. The first kappa shape index (κ1) is 23.2. The first-order valence-electron chi connectivity index (χ1n) is 11.1. The minimum Gasteiger partial charge on any atom is -0.457 e. The van der Waals surface area contributed by atoms with Gasteiger partial charge < -0.3 is 19.7 Å². The van der Waals surface area contributed by atoms with Gasteiger partial charge in [0.15, 0.2) is 0 Å². The summed E-state index contributed by atoms with van der Waals surface area (Å²) in [5, 5.41) is 18.2. The van der Waals surface area contributed by atoms with Gasteiger partial charge >= 0.3 is 0 Å². The largest absolute Gasteiger partial charge is 0.457 e. The lowest BCUT2D eigenvalue weighted by atomic mass is 10.1. The number of hydrogen-bond donors (Lipinski definition) is 2. The van der Waals surface area contributed by atoms with Gasteiger partial charge in [0.05, 0.1) is 48.6 Å². The summed E-state index contributed by atoms with van der Waals surface area (Å²) in [4.78, 5) is 51.6. The Balaban J connectivity index is 1.33. The van der Waals surface area contributed by atoms with Crippen molar-refractivity contribution in [3.8, 4) is 23.0 Å². The molecule has 0 saturated carbocycles. The average molecular weight is 488 g/mol. The van der Waals surface area contributed by atoms with Crippen LogP contribution in [-0.4, -0.2) is 69.9 Å². The zero-order valence-corrected chi connectivity index (χ0v) is 18.8. The maximum absolute atomic E-state index is 12.5. The number of aliphatic hydroxyl groups excluding tert-OH is 2. The van der Waals surface area contributed by atoms with Gasteiger partial charge in [-0.1, -0.05) is 6.07 Å². The van der Waals surface area contributed by atoms with E-state index >= 15 is 0 Å². The molecule has 0 aliphatic carbocycles. The zero-order valence-electron chi connectivity index (χ0n) is 18.8. The van der Waals surface area contributed by atoms with Gasteiger partial charge in [0.2, 0.25) is 0 Å². The van der Waals surface area contributed by atoms with E-state index in [1.165, 1.54) is 24.3 Å². The number of aliphatic hydroxyl groups is 2. The van der Waals surface area contributed by atoms with Gasteiger partial charge in [-0.15, -0.1) is 0 Å². The molecular weight excluding hydrogens is 468 g/mol. The van der Waals surface area contributed by atoms with E-state index in [2.05, 4.69) is 0 Å². The Morgan fingerprint density at radius 3 is 1.33 bits per heavy atom. The van der Waals surface area contributed by atoms with Crippen molar-refractivity contribution in [1.82, 2.24) is 9.80 Å². The molecule has 0 bridgehead atoms. The number of hydrogen-bond acceptors (Lipinski definition) is 8. The molecule has 3 aromatic carbocycles. The second kappa shape index (κ2) is 9.25. The Morgan fingerprint density at radius 1 is 0.528 bits per heavy atom. The summed E-state index contributed by atoms with van der Waals surface area (Å²) in [6.07, 6.45) is 0. The number of amides is 4. The molecule has 0 fully saturated rings. The number of carbonyl (C=O) groups excluding carboxylic acids is 4. The summed E-state index contributed by atoms with van der Waals surface area (Å²) in [5.41, 5.74) is 0.900. The first-order chi connectivity index (χ1) is 17.4. The molecule has 2 aliphatic rings. The number of nitrogens with zero attached hydrogens (tertiary/aromatic N) is 2. The molecule has 0 radical (unpaired) electrons. The molecular formula is C26H20N2O8. The molecule has 0 atom stereocenters. The van der Waals surface area contributed by atoms with Gasteiger partial charge in [0, 0.05) is 6.07 Å². The predicted molar refractivity (Wildman–Crippen MR) is 124 cm³/mol. The second-order valence-corrected chi connectivity index (χ2v) is 8.06. The monoisotopic (exact) mass is 488 g/mol. The average Bonchev–Trinajstić information content (AvgIpc) is 3.25. The van der Waals surface area contributed by atoms with Crippen molar-refractivity contribution >= 4 is 23.6 Å². The van der Waals surface area contributed by atoms with Crippen LogP contribution in [0.3, 0.4) is 0 Å². The number of carbonyl (C=O) groups is 4. The third-order valence-electron chi connectivity index (χ3n) is 5.81. The smallest absolute Gasteiger partial charge is 0.261 e. The van der Waals surface area contributed by atoms with Crippen LogP contribution in [0.15, 0.2) is 60.7 Å². The van der Waals surface area contributed by atoms with Crippen molar-refractivity contribution in [2.75, 3.05) is 26.3 Å². The van der Waals surface area contributed by atoms with Crippen molar-refractivity contribution in [1.29, 1.82) is 0 Å². The molecule has 0 saturated heterocycles. The Bertz CT molecular complexity index is 1310. The highest BCUT2D eigenvalue weighted by molar-refractivity contribution is 6.22. The van der Waals surface area contributed by atoms with Crippen LogP contribution in [0.2, 0.25) is 0 Å². The van der Waals surface area contributed by atoms with E-state index in [1.807, 2.05) is 0 Å². The topological polar surface area (TPSA) is 134 Å². The van der Waals surface area contributed by atoms with Crippen molar-refractivity contribution in [2.24, 2.45) is 0 Å². The van der Waals surface area contributed by atoms with E-state index < -0.39 is 23.6 Å². The molecule has 0 aromatic heterocycles. The maximum Gasteiger partial charge on any atom is 0.261 e. The number of fused-ring (bicyclic) bond motifs is 2. The van der Waals surface area contributed by atoms with Gasteiger partial charge in [-0.25, -0.2) is 0 Å². The SMILES string of the molecule is O=C1c2ccc(Oc3cccc(Oc4ccc5c(c4)C(=O)N(CCO)C5=O)c3)cc2C(=O)N1CCO. The second-order valence-electron chi connectivity index (χ2n) is 8.06. The van der Waals surface area contributed by atoms with Crippen LogP contribution in [0.4, 0.5) is 0 Å². The molecule has 36 heavy (non-hydrogen) atoms. The normalized spacial score (nSPS) is 14.4. The molecule has 10 heteroatoms. The van der Waals surface area contributed by atoms with Gasteiger partial charge in [-0.05, 0) is 48.5 Å². The molecule has 3 aromatic rings. The van der Waals surface area contributed by atoms with E-state index in [0.29, 0.717) is 23.0 Å². The quantitative estimate of drug-likeness (QED) is 0.462. The van der Waals surface area contributed by atoms with Crippen LogP contribution in [0.5, 0.6) is 23.0 Å². The Labute approximate surface area is 204 Å². The molecule has 4 amide bonds. The fourth-order valence-corrected chi connectivity index (χ4v) is 4.15. The van der Waals surface area contributed by atoms with Crippen LogP contribution in [0, 0.1) is 0 Å². The summed E-state index contributed by atoms with van der Waals surface area (Å²) in [5.74, 6) is -0.425. The summed E-state index contributed by atoms with van der Waals surface area (Å²) in [7, 11) is 0. The number of benzene rings is 3. The lowest BCUT2D eigenvalue weighted by Crippen LogP contribution is -2.32. The van der Waals surface area contributed by atoms with Crippen molar-refractivity contribution < 1.29 is 38.9 Å². The Hall–Kier alpha value is -4.54. The highest BCUT2D eigenvalue weighted by Gasteiger charge is 2.36. The van der Waals surface area contributed by atoms with E-state index in [9.17, 15) is 19.2 Å². The van der Waals surface area contributed by atoms with Crippen molar-refractivity contribution in [3.05, 3.63) is 82.9 Å². The summed E-state index contributed by atoms with van der Waals surface area (Å²) in [6.45, 7) is -0.803. The third kappa shape index (κ3) is 3.98. The highest BCUT2D eigenvalue weighted by Crippen LogP contribution is 2.33. The molecule has 5 rings (SSSR count). The number of ether oxygens (including phenoxy) is 2. The minimum absolute atomic E-state index is 0.0795. The highest BCUT2D eigenvalue weighted by atomic mass is 16.5. The molecule has 2 N–H and O–H groups in total. The van der Waals surface area contributed by atoms with Crippen molar-refractivity contribution in [2.45, 2.75) is 0 Å². The number of imide groups is 2.